The Labute approximate surface area is 91.0 Å². The summed E-state index contributed by atoms with van der Waals surface area (Å²) in [7, 11) is 0. The number of thiophene rings is 1. The van der Waals surface area contributed by atoms with E-state index in [0.29, 0.717) is 4.88 Å². The second-order valence-corrected chi connectivity index (χ2v) is 4.08. The zero-order valence-corrected chi connectivity index (χ0v) is 8.91. The molecular weight excluding hydrogens is 210 g/mol. The first-order valence-corrected chi connectivity index (χ1v) is 5.30. The summed E-state index contributed by atoms with van der Waals surface area (Å²) in [4.78, 5) is 15.3. The lowest BCUT2D eigenvalue weighted by atomic mass is 10.0. The lowest BCUT2D eigenvalue weighted by Crippen LogP contribution is -1.95. The van der Waals surface area contributed by atoms with E-state index in [2.05, 4.69) is 4.98 Å². The molecule has 2 heterocycles. The van der Waals surface area contributed by atoms with Crippen LogP contribution in [0, 0.1) is 6.92 Å². The van der Waals surface area contributed by atoms with E-state index in [1.165, 1.54) is 11.3 Å². The Morgan fingerprint density at radius 3 is 2.87 bits per heavy atom. The fraction of sp³-hybridized carbons (Fsp3) is 0.0909. The number of aromatic carboxylic acids is 1. The van der Waals surface area contributed by atoms with Crippen LogP contribution in [0.3, 0.4) is 0 Å². The number of hydrogen-bond donors (Lipinski definition) is 1. The summed E-state index contributed by atoms with van der Waals surface area (Å²) in [6.45, 7) is 1.94. The highest BCUT2D eigenvalue weighted by atomic mass is 32.1. The zero-order valence-electron chi connectivity index (χ0n) is 8.10. The van der Waals surface area contributed by atoms with Gasteiger partial charge in [-0.1, -0.05) is 0 Å². The number of pyridine rings is 1. The quantitative estimate of drug-likeness (QED) is 0.844. The molecule has 4 heteroatoms. The highest BCUT2D eigenvalue weighted by Gasteiger charge is 2.14. The molecule has 0 radical (unpaired) electrons. The van der Waals surface area contributed by atoms with Gasteiger partial charge < -0.3 is 5.11 Å². The molecule has 2 aromatic heterocycles. The third-order valence-electron chi connectivity index (χ3n) is 2.19. The van der Waals surface area contributed by atoms with Gasteiger partial charge in [0, 0.05) is 23.5 Å². The van der Waals surface area contributed by atoms with Crippen molar-refractivity contribution in [2.45, 2.75) is 6.92 Å². The molecule has 0 unspecified atom stereocenters. The number of carbonyl (C=O) groups is 1. The number of nitrogens with zero attached hydrogens (tertiary/aromatic N) is 1. The molecule has 76 valence electrons. The summed E-state index contributed by atoms with van der Waals surface area (Å²) >= 11 is 1.23. The normalized spacial score (nSPS) is 10.2. The largest absolute Gasteiger partial charge is 0.477 e. The monoisotopic (exact) mass is 219 g/mol. The van der Waals surface area contributed by atoms with Crippen LogP contribution in [-0.4, -0.2) is 16.1 Å². The van der Waals surface area contributed by atoms with Crippen molar-refractivity contribution in [3.8, 4) is 11.1 Å². The van der Waals surface area contributed by atoms with Gasteiger partial charge in [0.05, 0.1) is 0 Å². The Hall–Kier alpha value is -1.68. The molecule has 0 saturated carbocycles. The van der Waals surface area contributed by atoms with Crippen molar-refractivity contribution in [3.63, 3.8) is 0 Å². The van der Waals surface area contributed by atoms with E-state index in [-0.39, 0.29) is 0 Å². The van der Waals surface area contributed by atoms with E-state index in [1.807, 2.05) is 19.1 Å². The molecule has 2 aromatic rings. The predicted molar refractivity (Wildman–Crippen MR) is 59.2 cm³/mol. The summed E-state index contributed by atoms with van der Waals surface area (Å²) in [6.07, 6.45) is 3.40. The third kappa shape index (κ3) is 1.76. The number of aryl methyl sites for hydroxylation is 1. The van der Waals surface area contributed by atoms with Crippen LogP contribution in [-0.2, 0) is 0 Å². The summed E-state index contributed by atoms with van der Waals surface area (Å²) in [5, 5.41) is 10.8. The van der Waals surface area contributed by atoms with E-state index in [9.17, 15) is 4.79 Å². The zero-order chi connectivity index (χ0) is 10.8. The topological polar surface area (TPSA) is 50.2 Å². The summed E-state index contributed by atoms with van der Waals surface area (Å²) in [6, 6.07) is 3.69. The number of hydrogen-bond acceptors (Lipinski definition) is 3. The SMILES string of the molecule is Cc1ccncc1-c1ccsc1C(=O)O. The van der Waals surface area contributed by atoms with Crippen LogP contribution in [0.15, 0.2) is 29.9 Å². The van der Waals surface area contributed by atoms with Gasteiger partial charge in [-0.15, -0.1) is 11.3 Å². The van der Waals surface area contributed by atoms with Crippen molar-refractivity contribution in [1.29, 1.82) is 0 Å². The predicted octanol–water partition coefficient (Wildman–Crippen LogP) is 2.82. The van der Waals surface area contributed by atoms with Crippen LogP contribution in [0.2, 0.25) is 0 Å². The number of rotatable bonds is 2. The molecule has 0 aliphatic carbocycles. The lowest BCUT2D eigenvalue weighted by molar-refractivity contribution is 0.0703. The average Bonchev–Trinajstić information content (AvgIpc) is 2.67. The standard InChI is InChI=1S/C11H9NO2S/c1-7-2-4-12-6-9(7)8-3-5-15-10(8)11(13)14/h2-6H,1H3,(H,13,14). The molecule has 15 heavy (non-hydrogen) atoms. The molecule has 0 amide bonds. The maximum absolute atomic E-state index is 11.0. The first-order valence-electron chi connectivity index (χ1n) is 4.42. The molecule has 0 spiro atoms. The van der Waals surface area contributed by atoms with Crippen LogP contribution < -0.4 is 0 Å². The van der Waals surface area contributed by atoms with E-state index in [0.717, 1.165) is 16.7 Å². The second kappa shape index (κ2) is 3.82. The van der Waals surface area contributed by atoms with Crippen LogP contribution in [0.1, 0.15) is 15.2 Å². The fourth-order valence-electron chi connectivity index (χ4n) is 1.43. The highest BCUT2D eigenvalue weighted by molar-refractivity contribution is 7.12. The first kappa shape index (κ1) is 9.86. The van der Waals surface area contributed by atoms with Crippen molar-refractivity contribution in [1.82, 2.24) is 4.98 Å². The fourth-order valence-corrected chi connectivity index (χ4v) is 2.18. The van der Waals surface area contributed by atoms with E-state index < -0.39 is 5.97 Å². The van der Waals surface area contributed by atoms with Crippen LogP contribution >= 0.6 is 11.3 Å². The lowest BCUT2D eigenvalue weighted by Gasteiger charge is -2.03. The Bertz CT molecular complexity index is 505. The van der Waals surface area contributed by atoms with Gasteiger partial charge in [0.25, 0.3) is 0 Å². The van der Waals surface area contributed by atoms with Gasteiger partial charge in [-0.2, -0.15) is 0 Å². The number of aromatic nitrogens is 1. The average molecular weight is 219 g/mol. The van der Waals surface area contributed by atoms with Gasteiger partial charge in [0.1, 0.15) is 4.88 Å². The Kier molecular flexibility index (Phi) is 2.51. The Morgan fingerprint density at radius 1 is 1.40 bits per heavy atom. The number of carboxylic acid groups (broad SMARTS) is 1. The van der Waals surface area contributed by atoms with E-state index in [1.54, 1.807) is 17.8 Å². The maximum Gasteiger partial charge on any atom is 0.346 e. The van der Waals surface area contributed by atoms with Gasteiger partial charge in [-0.05, 0) is 30.0 Å². The maximum atomic E-state index is 11.0. The number of carboxylic acids is 1. The smallest absolute Gasteiger partial charge is 0.346 e. The minimum Gasteiger partial charge on any atom is -0.477 e. The van der Waals surface area contributed by atoms with Gasteiger partial charge in [0.2, 0.25) is 0 Å². The second-order valence-electron chi connectivity index (χ2n) is 3.16. The first-order chi connectivity index (χ1) is 7.20. The van der Waals surface area contributed by atoms with Crippen LogP contribution in [0.25, 0.3) is 11.1 Å². The summed E-state index contributed by atoms with van der Waals surface area (Å²) < 4.78 is 0. The Balaban J connectivity index is 2.59. The van der Waals surface area contributed by atoms with Crippen molar-refractivity contribution in [2.75, 3.05) is 0 Å². The highest BCUT2D eigenvalue weighted by Crippen LogP contribution is 2.29. The van der Waals surface area contributed by atoms with Crippen molar-refractivity contribution in [2.24, 2.45) is 0 Å². The van der Waals surface area contributed by atoms with Crippen LogP contribution in [0.4, 0.5) is 0 Å². The molecule has 3 nitrogen and oxygen atoms in total. The minimum atomic E-state index is -0.886. The molecule has 0 bridgehead atoms. The molecule has 0 aliphatic rings. The summed E-state index contributed by atoms with van der Waals surface area (Å²) in [5.74, 6) is -0.886. The van der Waals surface area contributed by atoms with Gasteiger partial charge in [-0.3, -0.25) is 4.98 Å². The molecule has 0 saturated heterocycles. The molecular formula is C11H9NO2S. The van der Waals surface area contributed by atoms with E-state index in [4.69, 9.17) is 5.11 Å². The van der Waals surface area contributed by atoms with Gasteiger partial charge in [0.15, 0.2) is 0 Å². The minimum absolute atomic E-state index is 0.367. The van der Waals surface area contributed by atoms with Gasteiger partial charge in [-0.25, -0.2) is 4.79 Å². The molecule has 0 aliphatic heterocycles. The molecule has 1 N–H and O–H groups in total. The van der Waals surface area contributed by atoms with Crippen molar-refractivity contribution >= 4 is 17.3 Å². The molecule has 0 fully saturated rings. The van der Waals surface area contributed by atoms with Crippen molar-refractivity contribution < 1.29 is 9.90 Å². The molecule has 2 rings (SSSR count). The molecule has 0 aromatic carbocycles. The van der Waals surface area contributed by atoms with Crippen LogP contribution in [0.5, 0.6) is 0 Å². The molecule has 0 atom stereocenters. The van der Waals surface area contributed by atoms with Crippen molar-refractivity contribution in [3.05, 3.63) is 40.3 Å². The van der Waals surface area contributed by atoms with E-state index >= 15 is 0 Å². The summed E-state index contributed by atoms with van der Waals surface area (Å²) in [5.41, 5.74) is 2.67. The van der Waals surface area contributed by atoms with Gasteiger partial charge >= 0.3 is 5.97 Å². The Morgan fingerprint density at radius 2 is 2.20 bits per heavy atom. The third-order valence-corrected chi connectivity index (χ3v) is 3.09.